The zero-order valence-corrected chi connectivity index (χ0v) is 9.93. The fraction of sp³-hybridized carbons (Fsp3) is 0.455. The van der Waals surface area contributed by atoms with E-state index in [4.69, 9.17) is 5.73 Å². The predicted octanol–water partition coefficient (Wildman–Crippen LogP) is 3.41. The highest BCUT2D eigenvalue weighted by Gasteiger charge is 2.10. The van der Waals surface area contributed by atoms with E-state index in [1.165, 1.54) is 11.1 Å². The van der Waals surface area contributed by atoms with Crippen molar-refractivity contribution in [2.24, 2.45) is 11.7 Å². The van der Waals surface area contributed by atoms with Gasteiger partial charge in [0, 0.05) is 10.5 Å². The summed E-state index contributed by atoms with van der Waals surface area (Å²) in [5.41, 5.74) is 8.52. The van der Waals surface area contributed by atoms with Gasteiger partial charge in [-0.1, -0.05) is 35.8 Å². The molecule has 0 spiro atoms. The van der Waals surface area contributed by atoms with Crippen LogP contribution in [0.15, 0.2) is 22.7 Å². The molecule has 0 unspecified atom stereocenters. The molecule has 0 radical (unpaired) electrons. The average Bonchev–Trinajstić information content (AvgIpc) is 2.01. The molecule has 1 nitrogen and oxygen atoms in total. The van der Waals surface area contributed by atoms with Crippen molar-refractivity contribution in [3.05, 3.63) is 33.8 Å². The van der Waals surface area contributed by atoms with Crippen LogP contribution in [-0.2, 0) is 0 Å². The van der Waals surface area contributed by atoms with Gasteiger partial charge in [0.25, 0.3) is 0 Å². The summed E-state index contributed by atoms with van der Waals surface area (Å²) in [5, 5.41) is 0. The van der Waals surface area contributed by atoms with Crippen LogP contribution in [0.25, 0.3) is 0 Å². The highest BCUT2D eigenvalue weighted by Crippen LogP contribution is 2.23. The second-order valence-electron chi connectivity index (χ2n) is 3.83. The number of nitrogens with two attached hydrogens (primary N) is 1. The molecule has 0 aliphatic rings. The Labute approximate surface area is 88.5 Å². The van der Waals surface area contributed by atoms with Gasteiger partial charge in [0.05, 0.1) is 0 Å². The fourth-order valence-corrected chi connectivity index (χ4v) is 1.97. The van der Waals surface area contributed by atoms with Crippen molar-refractivity contribution in [2.75, 3.05) is 0 Å². The summed E-state index contributed by atoms with van der Waals surface area (Å²) in [6.07, 6.45) is 0. The molecule has 0 aliphatic heterocycles. The van der Waals surface area contributed by atoms with E-state index < -0.39 is 0 Å². The van der Waals surface area contributed by atoms with E-state index in [0.717, 1.165) is 4.47 Å². The summed E-state index contributed by atoms with van der Waals surface area (Å²) in [4.78, 5) is 0. The van der Waals surface area contributed by atoms with Crippen molar-refractivity contribution in [1.29, 1.82) is 0 Å². The number of benzene rings is 1. The van der Waals surface area contributed by atoms with Crippen LogP contribution >= 0.6 is 15.9 Å². The van der Waals surface area contributed by atoms with Crippen molar-refractivity contribution < 1.29 is 0 Å². The number of hydrogen-bond donors (Lipinski definition) is 1. The lowest BCUT2D eigenvalue weighted by Crippen LogP contribution is -2.16. The molecular weight excluding hydrogens is 226 g/mol. The molecule has 2 heteroatoms. The summed E-state index contributed by atoms with van der Waals surface area (Å²) < 4.78 is 1.11. The standard InChI is InChI=1S/C11H16BrN/c1-7(2)11(13)9-4-8(3)5-10(12)6-9/h4-7,11H,13H2,1-3H3/t11-/m0/s1. The molecule has 1 rings (SSSR count). The Bertz CT molecular complexity index is 274. The third-order valence-corrected chi connectivity index (χ3v) is 2.63. The normalized spacial score (nSPS) is 13.4. The van der Waals surface area contributed by atoms with Gasteiger partial charge in [-0.15, -0.1) is 0 Å². The van der Waals surface area contributed by atoms with Gasteiger partial charge < -0.3 is 5.73 Å². The van der Waals surface area contributed by atoms with E-state index >= 15 is 0 Å². The van der Waals surface area contributed by atoms with Crippen molar-refractivity contribution in [1.82, 2.24) is 0 Å². The van der Waals surface area contributed by atoms with Crippen molar-refractivity contribution in [3.8, 4) is 0 Å². The number of hydrogen-bond acceptors (Lipinski definition) is 1. The highest BCUT2D eigenvalue weighted by atomic mass is 79.9. The van der Waals surface area contributed by atoms with Gasteiger partial charge in [0.1, 0.15) is 0 Å². The van der Waals surface area contributed by atoms with Crippen LogP contribution < -0.4 is 5.73 Å². The zero-order valence-electron chi connectivity index (χ0n) is 8.34. The molecule has 13 heavy (non-hydrogen) atoms. The Kier molecular flexibility index (Phi) is 3.51. The topological polar surface area (TPSA) is 26.0 Å². The first-order valence-electron chi connectivity index (χ1n) is 4.53. The maximum absolute atomic E-state index is 6.05. The first-order valence-corrected chi connectivity index (χ1v) is 5.32. The SMILES string of the molecule is Cc1cc(Br)cc([C@@H](N)C(C)C)c1. The molecule has 1 aromatic carbocycles. The Morgan fingerprint density at radius 1 is 1.23 bits per heavy atom. The van der Waals surface area contributed by atoms with Crippen LogP contribution in [0.4, 0.5) is 0 Å². The van der Waals surface area contributed by atoms with E-state index in [-0.39, 0.29) is 6.04 Å². The molecule has 0 fully saturated rings. The summed E-state index contributed by atoms with van der Waals surface area (Å²) >= 11 is 3.47. The quantitative estimate of drug-likeness (QED) is 0.844. The number of rotatable bonds is 2. The molecule has 72 valence electrons. The second-order valence-corrected chi connectivity index (χ2v) is 4.75. The Morgan fingerprint density at radius 3 is 2.31 bits per heavy atom. The largest absolute Gasteiger partial charge is 0.324 e. The van der Waals surface area contributed by atoms with Gasteiger partial charge in [-0.05, 0) is 36.1 Å². The van der Waals surface area contributed by atoms with Crippen molar-refractivity contribution >= 4 is 15.9 Å². The Hall–Kier alpha value is -0.340. The third-order valence-electron chi connectivity index (χ3n) is 2.17. The third kappa shape index (κ3) is 2.82. The van der Waals surface area contributed by atoms with Crippen LogP contribution in [0.2, 0.25) is 0 Å². The maximum atomic E-state index is 6.05. The van der Waals surface area contributed by atoms with Gasteiger partial charge in [-0.3, -0.25) is 0 Å². The van der Waals surface area contributed by atoms with Crippen molar-refractivity contribution in [3.63, 3.8) is 0 Å². The monoisotopic (exact) mass is 241 g/mol. The second kappa shape index (κ2) is 4.25. The molecule has 1 atom stereocenters. The lowest BCUT2D eigenvalue weighted by atomic mass is 9.96. The van der Waals surface area contributed by atoms with Gasteiger partial charge in [-0.2, -0.15) is 0 Å². The van der Waals surface area contributed by atoms with Gasteiger partial charge in [0.15, 0.2) is 0 Å². The molecule has 0 amide bonds. The van der Waals surface area contributed by atoms with Crippen LogP contribution in [0, 0.1) is 12.8 Å². The lowest BCUT2D eigenvalue weighted by molar-refractivity contribution is 0.514. The minimum absolute atomic E-state index is 0.135. The van der Waals surface area contributed by atoms with E-state index in [9.17, 15) is 0 Å². The fourth-order valence-electron chi connectivity index (χ4n) is 1.34. The average molecular weight is 242 g/mol. The molecule has 0 heterocycles. The van der Waals surface area contributed by atoms with Crippen molar-refractivity contribution in [2.45, 2.75) is 26.8 Å². The minimum Gasteiger partial charge on any atom is -0.324 e. The van der Waals surface area contributed by atoms with E-state index in [1.54, 1.807) is 0 Å². The lowest BCUT2D eigenvalue weighted by Gasteiger charge is -2.16. The molecule has 1 aromatic rings. The Balaban J connectivity index is 3.01. The molecule has 2 N–H and O–H groups in total. The van der Waals surface area contributed by atoms with Crippen LogP contribution in [0.1, 0.15) is 31.0 Å². The van der Waals surface area contributed by atoms with Crippen LogP contribution in [-0.4, -0.2) is 0 Å². The van der Waals surface area contributed by atoms with E-state index in [0.29, 0.717) is 5.92 Å². The number of halogens is 1. The van der Waals surface area contributed by atoms with Crippen LogP contribution in [0.5, 0.6) is 0 Å². The summed E-state index contributed by atoms with van der Waals surface area (Å²) in [6, 6.07) is 6.47. The molecule has 0 bridgehead atoms. The summed E-state index contributed by atoms with van der Waals surface area (Å²) in [6.45, 7) is 6.36. The smallest absolute Gasteiger partial charge is 0.0318 e. The highest BCUT2D eigenvalue weighted by molar-refractivity contribution is 9.10. The van der Waals surface area contributed by atoms with E-state index in [2.05, 4.69) is 54.9 Å². The van der Waals surface area contributed by atoms with Gasteiger partial charge >= 0.3 is 0 Å². The molecule has 0 aliphatic carbocycles. The molecule has 0 aromatic heterocycles. The predicted molar refractivity (Wildman–Crippen MR) is 60.6 cm³/mol. The minimum atomic E-state index is 0.135. The summed E-state index contributed by atoms with van der Waals surface area (Å²) in [5.74, 6) is 0.480. The zero-order chi connectivity index (χ0) is 10.0. The molecule has 0 saturated carbocycles. The van der Waals surface area contributed by atoms with Crippen LogP contribution in [0.3, 0.4) is 0 Å². The first kappa shape index (κ1) is 10.7. The maximum Gasteiger partial charge on any atom is 0.0318 e. The van der Waals surface area contributed by atoms with Gasteiger partial charge in [0.2, 0.25) is 0 Å². The summed E-state index contributed by atoms with van der Waals surface area (Å²) in [7, 11) is 0. The molecular formula is C11H16BrN. The number of aryl methyl sites for hydroxylation is 1. The van der Waals surface area contributed by atoms with Gasteiger partial charge in [-0.25, -0.2) is 0 Å². The Morgan fingerprint density at radius 2 is 1.85 bits per heavy atom. The van der Waals surface area contributed by atoms with E-state index in [1.807, 2.05) is 0 Å². The molecule has 0 saturated heterocycles. The first-order chi connectivity index (χ1) is 6.00.